The molecule has 3 saturated heterocycles. The molecule has 1 aromatic heterocycles. The van der Waals surface area contributed by atoms with Crippen molar-refractivity contribution >= 4 is 5.91 Å². The summed E-state index contributed by atoms with van der Waals surface area (Å²) in [5.41, 5.74) is 0. The molecule has 7 heteroatoms. The lowest BCUT2D eigenvalue weighted by atomic mass is 10.0. The Kier molecular flexibility index (Phi) is 3.67. The maximum absolute atomic E-state index is 13.9. The van der Waals surface area contributed by atoms with Crippen molar-refractivity contribution in [3.63, 3.8) is 0 Å². The van der Waals surface area contributed by atoms with Crippen LogP contribution in [-0.4, -0.2) is 60.4 Å². The zero-order valence-corrected chi connectivity index (χ0v) is 13.8. The van der Waals surface area contributed by atoms with Gasteiger partial charge in [-0.05, 0) is 36.8 Å². The lowest BCUT2D eigenvalue weighted by molar-refractivity contribution is -0.137. The summed E-state index contributed by atoms with van der Waals surface area (Å²) in [6.07, 6.45) is 2.74. The number of rotatable bonds is 3. The van der Waals surface area contributed by atoms with Gasteiger partial charge in [0.2, 0.25) is 5.91 Å². The Labute approximate surface area is 145 Å². The van der Waals surface area contributed by atoms with Crippen molar-refractivity contribution < 1.29 is 23.4 Å². The van der Waals surface area contributed by atoms with Crippen molar-refractivity contribution in [2.75, 3.05) is 26.4 Å². The summed E-state index contributed by atoms with van der Waals surface area (Å²) >= 11 is 0. The number of aromatic nitrogens is 1. The fraction of sp³-hybridized carbons (Fsp3) is 0.667. The van der Waals surface area contributed by atoms with Crippen molar-refractivity contribution in [2.45, 2.75) is 31.1 Å². The van der Waals surface area contributed by atoms with Crippen LogP contribution in [0, 0.1) is 23.6 Å². The number of ether oxygens (including phenoxy) is 3. The average Bonchev–Trinajstić information content (AvgIpc) is 2.96. The minimum absolute atomic E-state index is 0.0141. The quantitative estimate of drug-likeness (QED) is 0.823. The minimum Gasteiger partial charge on any atom is -0.468 e. The van der Waals surface area contributed by atoms with Crippen LogP contribution in [0.5, 0.6) is 5.88 Å². The van der Waals surface area contributed by atoms with E-state index >= 15 is 0 Å². The van der Waals surface area contributed by atoms with Crippen molar-refractivity contribution in [3.05, 3.63) is 24.1 Å². The molecule has 0 N–H and O–H groups in total. The summed E-state index contributed by atoms with van der Waals surface area (Å²) in [6.45, 7) is 2.47. The molecule has 1 aliphatic carbocycles. The number of nitrogens with zero attached hydrogens (tertiary/aromatic N) is 2. The lowest BCUT2D eigenvalue weighted by Gasteiger charge is -2.32. The summed E-state index contributed by atoms with van der Waals surface area (Å²) in [7, 11) is 0. The predicted molar refractivity (Wildman–Crippen MR) is 84.4 cm³/mol. The first-order chi connectivity index (χ1) is 12.2. The molecule has 1 aromatic rings. The van der Waals surface area contributed by atoms with Gasteiger partial charge in [-0.25, -0.2) is 9.37 Å². The summed E-state index contributed by atoms with van der Waals surface area (Å²) in [4.78, 5) is 18.9. The van der Waals surface area contributed by atoms with E-state index in [1.165, 1.54) is 18.3 Å². The molecule has 4 heterocycles. The van der Waals surface area contributed by atoms with Gasteiger partial charge >= 0.3 is 0 Å². The zero-order valence-electron chi connectivity index (χ0n) is 13.8. The smallest absolute Gasteiger partial charge is 0.250 e. The molecule has 4 aliphatic rings. The summed E-state index contributed by atoms with van der Waals surface area (Å²) in [5.74, 6) is 0.514. The second-order valence-corrected chi connectivity index (χ2v) is 7.37. The van der Waals surface area contributed by atoms with E-state index in [0.717, 1.165) is 12.8 Å². The first-order valence-electron chi connectivity index (χ1n) is 9.01. The van der Waals surface area contributed by atoms with Gasteiger partial charge < -0.3 is 19.1 Å². The zero-order chi connectivity index (χ0) is 17.0. The van der Waals surface area contributed by atoms with E-state index in [9.17, 15) is 9.18 Å². The third-order valence-electron chi connectivity index (χ3n) is 5.99. The predicted octanol–water partition coefficient (Wildman–Crippen LogP) is 1.25. The number of hydrogen-bond donors (Lipinski definition) is 0. The minimum atomic E-state index is -0.492. The van der Waals surface area contributed by atoms with E-state index in [0.29, 0.717) is 38.2 Å². The molecule has 6 atom stereocenters. The Hall–Kier alpha value is -1.73. The highest BCUT2D eigenvalue weighted by Crippen LogP contribution is 2.52. The summed E-state index contributed by atoms with van der Waals surface area (Å²) in [6, 6.07) is 2.87. The highest BCUT2D eigenvalue weighted by Gasteiger charge is 2.61. The molecule has 134 valence electrons. The first-order valence-corrected chi connectivity index (χ1v) is 9.01. The van der Waals surface area contributed by atoms with Gasteiger partial charge in [-0.1, -0.05) is 0 Å². The number of fused-ring (bicyclic) bond motifs is 2. The van der Waals surface area contributed by atoms with E-state index in [2.05, 4.69) is 4.98 Å². The molecule has 25 heavy (non-hydrogen) atoms. The maximum Gasteiger partial charge on any atom is 0.250 e. The molecule has 4 fully saturated rings. The van der Waals surface area contributed by atoms with E-state index in [1.807, 2.05) is 4.90 Å². The van der Waals surface area contributed by atoms with Crippen LogP contribution < -0.4 is 4.74 Å². The first kappa shape index (κ1) is 15.5. The Morgan fingerprint density at radius 2 is 2.20 bits per heavy atom. The lowest BCUT2D eigenvalue weighted by Crippen LogP contribution is -2.45. The number of halogens is 1. The SMILES string of the molecule is O=C(C1[C@H]2COC[C@@H]12)N1C[C@H](Oc2ncccc2F)[C@H]2OCCC[C@H]21. The Morgan fingerprint density at radius 1 is 1.36 bits per heavy atom. The molecule has 3 aliphatic heterocycles. The van der Waals surface area contributed by atoms with E-state index in [1.54, 1.807) is 0 Å². The van der Waals surface area contributed by atoms with E-state index in [-0.39, 0.29) is 36.0 Å². The van der Waals surface area contributed by atoms with Gasteiger partial charge in [0.25, 0.3) is 5.88 Å². The van der Waals surface area contributed by atoms with Crippen molar-refractivity contribution in [1.29, 1.82) is 0 Å². The normalized spacial score (nSPS) is 39.0. The second-order valence-electron chi connectivity index (χ2n) is 7.37. The Morgan fingerprint density at radius 3 is 3.00 bits per heavy atom. The van der Waals surface area contributed by atoms with Gasteiger partial charge in [0.15, 0.2) is 5.82 Å². The van der Waals surface area contributed by atoms with Gasteiger partial charge in [-0.3, -0.25) is 4.79 Å². The molecule has 1 unspecified atom stereocenters. The van der Waals surface area contributed by atoms with Crippen LogP contribution in [-0.2, 0) is 14.3 Å². The average molecular weight is 348 g/mol. The highest BCUT2D eigenvalue weighted by molar-refractivity contribution is 5.83. The Balaban J connectivity index is 1.35. The van der Waals surface area contributed by atoms with Crippen LogP contribution in [0.25, 0.3) is 0 Å². The molecule has 0 spiro atoms. The Bertz CT molecular complexity index is 677. The van der Waals surface area contributed by atoms with E-state index < -0.39 is 5.82 Å². The van der Waals surface area contributed by atoms with Crippen molar-refractivity contribution in [3.8, 4) is 5.88 Å². The standard InChI is InChI=1S/C18H21FN2O4/c19-12-3-1-5-20-17(12)25-14-7-21(13-4-2-6-24-16(13)14)18(22)15-10-8-23-9-11(10)15/h1,3,5,10-11,13-16H,2,4,6-9H2/t10-,11+,13-,14+,15?,16+/m1/s1. The van der Waals surface area contributed by atoms with Gasteiger partial charge in [0.05, 0.1) is 25.8 Å². The largest absolute Gasteiger partial charge is 0.468 e. The number of pyridine rings is 1. The van der Waals surface area contributed by atoms with Crippen molar-refractivity contribution in [1.82, 2.24) is 9.88 Å². The molecule has 1 amide bonds. The molecular weight excluding hydrogens is 327 g/mol. The summed E-state index contributed by atoms with van der Waals surface area (Å²) in [5, 5.41) is 0. The number of likely N-dealkylation sites (tertiary alicyclic amines) is 1. The third-order valence-corrected chi connectivity index (χ3v) is 5.99. The van der Waals surface area contributed by atoms with Crippen LogP contribution >= 0.6 is 0 Å². The fourth-order valence-corrected chi connectivity index (χ4v) is 4.67. The fourth-order valence-electron chi connectivity index (χ4n) is 4.67. The number of hydrogen-bond acceptors (Lipinski definition) is 5. The van der Waals surface area contributed by atoms with Crippen LogP contribution in [0.4, 0.5) is 4.39 Å². The molecule has 6 nitrogen and oxygen atoms in total. The molecular formula is C18H21FN2O4. The van der Waals surface area contributed by atoms with Crippen LogP contribution in [0.1, 0.15) is 12.8 Å². The molecule has 0 aromatic carbocycles. The highest BCUT2D eigenvalue weighted by atomic mass is 19.1. The molecule has 5 rings (SSSR count). The third kappa shape index (κ3) is 2.52. The van der Waals surface area contributed by atoms with Gasteiger partial charge in [-0.15, -0.1) is 0 Å². The van der Waals surface area contributed by atoms with Crippen LogP contribution in [0.15, 0.2) is 18.3 Å². The van der Waals surface area contributed by atoms with Gasteiger partial charge in [0.1, 0.15) is 12.2 Å². The number of carbonyl (C=O) groups excluding carboxylic acids is 1. The molecule has 0 radical (unpaired) electrons. The van der Waals surface area contributed by atoms with Gasteiger partial charge in [-0.2, -0.15) is 0 Å². The monoisotopic (exact) mass is 348 g/mol. The van der Waals surface area contributed by atoms with Crippen LogP contribution in [0.3, 0.4) is 0 Å². The van der Waals surface area contributed by atoms with Crippen LogP contribution in [0.2, 0.25) is 0 Å². The summed E-state index contributed by atoms with van der Waals surface area (Å²) < 4.78 is 31.0. The molecule has 1 saturated carbocycles. The topological polar surface area (TPSA) is 60.9 Å². The molecule has 0 bridgehead atoms. The second kappa shape index (κ2) is 5.92. The van der Waals surface area contributed by atoms with Crippen molar-refractivity contribution in [2.24, 2.45) is 17.8 Å². The number of carbonyl (C=O) groups is 1. The maximum atomic E-state index is 13.9. The van der Waals surface area contributed by atoms with E-state index in [4.69, 9.17) is 14.2 Å². The van der Waals surface area contributed by atoms with Gasteiger partial charge in [0, 0.05) is 18.7 Å². The number of amides is 1.